The topological polar surface area (TPSA) is 86.8 Å². The highest BCUT2D eigenvalue weighted by molar-refractivity contribution is 7.92. The molecule has 0 spiro atoms. The molecule has 220 valence electrons. The zero-order valence-corrected chi connectivity index (χ0v) is 26.8. The summed E-state index contributed by atoms with van der Waals surface area (Å²) in [5.41, 5.74) is 2.96. The van der Waals surface area contributed by atoms with Crippen molar-refractivity contribution in [3.05, 3.63) is 93.0 Å². The van der Waals surface area contributed by atoms with Gasteiger partial charge in [-0.3, -0.25) is 13.9 Å². The van der Waals surface area contributed by atoms with Gasteiger partial charge in [0.1, 0.15) is 12.6 Å². The molecule has 7 nitrogen and oxygen atoms in total. The Kier molecular flexibility index (Phi) is 10.2. The van der Waals surface area contributed by atoms with Crippen LogP contribution in [0.4, 0.5) is 5.69 Å². The van der Waals surface area contributed by atoms with Crippen LogP contribution in [-0.4, -0.2) is 43.3 Å². The number of carbonyl (C=O) groups is 2. The van der Waals surface area contributed by atoms with Crippen molar-refractivity contribution in [3.63, 3.8) is 0 Å². The van der Waals surface area contributed by atoms with Gasteiger partial charge < -0.3 is 10.2 Å². The Balaban J connectivity index is 2.10. The number of rotatable bonds is 9. The highest BCUT2D eigenvalue weighted by atomic mass is 35.5. The summed E-state index contributed by atoms with van der Waals surface area (Å²) in [4.78, 5) is 28.7. The van der Waals surface area contributed by atoms with Gasteiger partial charge in [0.2, 0.25) is 11.8 Å². The van der Waals surface area contributed by atoms with Crippen LogP contribution in [0.3, 0.4) is 0 Å². The zero-order valence-electron chi connectivity index (χ0n) is 24.5. The fraction of sp³-hybridized carbons (Fsp3) is 0.355. The number of hydrogen-bond acceptors (Lipinski definition) is 4. The maximum absolute atomic E-state index is 14.1. The van der Waals surface area contributed by atoms with Gasteiger partial charge in [-0.25, -0.2) is 8.42 Å². The lowest BCUT2D eigenvalue weighted by Crippen LogP contribution is -2.54. The SMILES string of the molecule is Cc1ccc(S(=O)(=O)N(CC(=O)N(Cc2ccc(Cl)cc2Cl)C(C)C(=O)NC(C)(C)C)c2ccc(C)cc2C)cc1. The van der Waals surface area contributed by atoms with Crippen molar-refractivity contribution in [2.45, 2.75) is 71.5 Å². The van der Waals surface area contributed by atoms with E-state index < -0.39 is 34.1 Å². The molecule has 10 heteroatoms. The van der Waals surface area contributed by atoms with Gasteiger partial charge in [0, 0.05) is 22.1 Å². The molecule has 0 aromatic heterocycles. The van der Waals surface area contributed by atoms with Crippen molar-refractivity contribution < 1.29 is 18.0 Å². The van der Waals surface area contributed by atoms with Crippen LogP contribution < -0.4 is 9.62 Å². The largest absolute Gasteiger partial charge is 0.350 e. The van der Waals surface area contributed by atoms with Crippen molar-refractivity contribution in [2.24, 2.45) is 0 Å². The van der Waals surface area contributed by atoms with E-state index in [2.05, 4.69) is 5.32 Å². The lowest BCUT2D eigenvalue weighted by atomic mass is 10.1. The molecule has 3 aromatic carbocycles. The van der Waals surface area contributed by atoms with Crippen LogP contribution >= 0.6 is 23.2 Å². The number of aryl methyl sites for hydroxylation is 3. The van der Waals surface area contributed by atoms with Gasteiger partial charge in [-0.05, 0) is 89.9 Å². The van der Waals surface area contributed by atoms with Gasteiger partial charge in [-0.2, -0.15) is 0 Å². The maximum Gasteiger partial charge on any atom is 0.264 e. The van der Waals surface area contributed by atoms with E-state index in [0.717, 1.165) is 15.4 Å². The number of sulfonamides is 1. The van der Waals surface area contributed by atoms with Gasteiger partial charge >= 0.3 is 0 Å². The Morgan fingerprint density at radius 3 is 2.07 bits per heavy atom. The molecule has 3 rings (SSSR count). The molecule has 0 aliphatic rings. The van der Waals surface area contributed by atoms with Gasteiger partial charge in [-0.1, -0.05) is 64.7 Å². The molecule has 1 N–H and O–H groups in total. The van der Waals surface area contributed by atoms with E-state index in [4.69, 9.17) is 23.2 Å². The fourth-order valence-corrected chi connectivity index (χ4v) is 6.27. The Bertz CT molecular complexity index is 1530. The van der Waals surface area contributed by atoms with E-state index in [0.29, 0.717) is 26.9 Å². The monoisotopic (exact) mass is 617 g/mol. The molecule has 0 bridgehead atoms. The van der Waals surface area contributed by atoms with Crippen molar-refractivity contribution in [1.29, 1.82) is 0 Å². The van der Waals surface area contributed by atoms with Crippen LogP contribution in [0.5, 0.6) is 0 Å². The molecule has 1 atom stereocenters. The average molecular weight is 619 g/mol. The number of anilines is 1. The van der Waals surface area contributed by atoms with Gasteiger partial charge in [0.15, 0.2) is 0 Å². The first kappa shape index (κ1) is 32.4. The first-order valence-corrected chi connectivity index (χ1v) is 15.4. The Morgan fingerprint density at radius 2 is 1.51 bits per heavy atom. The smallest absolute Gasteiger partial charge is 0.264 e. The van der Waals surface area contributed by atoms with E-state index in [9.17, 15) is 18.0 Å². The standard InChI is InChI=1S/C31H37Cl2N3O4S/c1-20-8-13-26(14-9-20)41(39,40)36(28-15-10-21(2)16-22(28)3)19-29(37)35(23(4)30(38)34-31(5,6)7)18-24-11-12-25(32)17-27(24)33/h8-17,23H,18-19H2,1-7H3,(H,34,38). The molecule has 0 heterocycles. The summed E-state index contributed by atoms with van der Waals surface area (Å²) in [7, 11) is -4.15. The summed E-state index contributed by atoms with van der Waals surface area (Å²) in [6, 6.07) is 15.8. The van der Waals surface area contributed by atoms with E-state index >= 15 is 0 Å². The summed E-state index contributed by atoms with van der Waals surface area (Å²) in [5, 5.41) is 3.67. The first-order valence-electron chi connectivity index (χ1n) is 13.2. The minimum absolute atomic E-state index is 0.0289. The van der Waals surface area contributed by atoms with Crippen LogP contribution in [-0.2, 0) is 26.2 Å². The number of amides is 2. The first-order chi connectivity index (χ1) is 19.0. The quantitative estimate of drug-likeness (QED) is 0.299. The summed E-state index contributed by atoms with van der Waals surface area (Å²) in [6.45, 7) is 12.2. The number of carbonyl (C=O) groups excluding carboxylic acids is 2. The number of benzene rings is 3. The molecule has 0 aliphatic carbocycles. The molecule has 0 fully saturated rings. The van der Waals surface area contributed by atoms with E-state index in [-0.39, 0.29) is 17.3 Å². The molecule has 41 heavy (non-hydrogen) atoms. The molecular weight excluding hydrogens is 581 g/mol. The summed E-state index contributed by atoms with van der Waals surface area (Å²) in [5.74, 6) is -0.946. The zero-order chi connectivity index (χ0) is 30.7. The lowest BCUT2D eigenvalue weighted by Gasteiger charge is -2.34. The second kappa shape index (κ2) is 12.8. The molecule has 1 unspecified atom stereocenters. The van der Waals surface area contributed by atoms with Gasteiger partial charge in [0.05, 0.1) is 10.6 Å². The fourth-order valence-electron chi connectivity index (χ4n) is 4.33. The van der Waals surface area contributed by atoms with Gasteiger partial charge in [-0.15, -0.1) is 0 Å². The summed E-state index contributed by atoms with van der Waals surface area (Å²) >= 11 is 12.5. The van der Waals surface area contributed by atoms with E-state index in [1.54, 1.807) is 56.3 Å². The number of nitrogens with one attached hydrogen (secondary N) is 1. The Hall–Kier alpha value is -3.07. The molecule has 0 radical (unpaired) electrons. The number of hydrogen-bond donors (Lipinski definition) is 1. The number of halogens is 2. The normalized spacial score (nSPS) is 12.5. The third kappa shape index (κ3) is 8.24. The molecule has 0 saturated heterocycles. The predicted octanol–water partition coefficient (Wildman–Crippen LogP) is 6.45. The maximum atomic E-state index is 14.1. The minimum Gasteiger partial charge on any atom is -0.350 e. The van der Waals surface area contributed by atoms with Crippen molar-refractivity contribution in [3.8, 4) is 0 Å². The van der Waals surface area contributed by atoms with Crippen molar-refractivity contribution in [1.82, 2.24) is 10.2 Å². The Morgan fingerprint density at radius 1 is 0.902 bits per heavy atom. The second-order valence-electron chi connectivity index (χ2n) is 11.3. The van der Waals surface area contributed by atoms with Crippen molar-refractivity contribution >= 4 is 50.7 Å². The molecule has 0 aliphatic heterocycles. The molecule has 0 saturated carbocycles. The van der Waals surface area contributed by atoms with Gasteiger partial charge in [0.25, 0.3) is 10.0 Å². The lowest BCUT2D eigenvalue weighted by molar-refractivity contribution is -0.140. The molecule has 3 aromatic rings. The highest BCUT2D eigenvalue weighted by Gasteiger charge is 2.34. The van der Waals surface area contributed by atoms with E-state index in [1.807, 2.05) is 40.7 Å². The highest BCUT2D eigenvalue weighted by Crippen LogP contribution is 2.29. The van der Waals surface area contributed by atoms with Crippen LogP contribution in [0.1, 0.15) is 49.9 Å². The molecule has 2 amide bonds. The Labute approximate surface area is 253 Å². The van der Waals surface area contributed by atoms with Crippen LogP contribution in [0.25, 0.3) is 0 Å². The second-order valence-corrected chi connectivity index (χ2v) is 14.0. The average Bonchev–Trinajstić information content (AvgIpc) is 2.86. The van der Waals surface area contributed by atoms with E-state index in [1.165, 1.54) is 17.0 Å². The summed E-state index contributed by atoms with van der Waals surface area (Å²) in [6.07, 6.45) is 0. The summed E-state index contributed by atoms with van der Waals surface area (Å²) < 4.78 is 29.2. The third-order valence-corrected chi connectivity index (χ3v) is 8.89. The van der Waals surface area contributed by atoms with Crippen LogP contribution in [0.2, 0.25) is 10.0 Å². The van der Waals surface area contributed by atoms with Crippen LogP contribution in [0, 0.1) is 20.8 Å². The predicted molar refractivity (Wildman–Crippen MR) is 166 cm³/mol. The van der Waals surface area contributed by atoms with Crippen LogP contribution in [0.15, 0.2) is 65.6 Å². The van der Waals surface area contributed by atoms with Crippen molar-refractivity contribution in [2.75, 3.05) is 10.8 Å². The third-order valence-electron chi connectivity index (χ3n) is 6.53. The molecular formula is C31H37Cl2N3O4S. The minimum atomic E-state index is -4.15. The number of nitrogens with zero attached hydrogens (tertiary/aromatic N) is 2.